The minimum Gasteiger partial charge on any atom is -0.506 e. The molecule has 0 aliphatic rings. The first-order valence-corrected chi connectivity index (χ1v) is 3.58. The van der Waals surface area contributed by atoms with Crippen LogP contribution in [0, 0.1) is 6.92 Å². The monoisotopic (exact) mass is 313 g/mol. The van der Waals surface area contributed by atoms with Crippen molar-refractivity contribution >= 4 is 49.6 Å². The van der Waals surface area contributed by atoms with Crippen molar-refractivity contribution in [2.24, 2.45) is 0 Å². The lowest BCUT2D eigenvalue weighted by molar-refractivity contribution is 0.254. The minimum atomic E-state index is -0.287. The molecule has 0 spiro atoms. The van der Waals surface area contributed by atoms with E-state index in [-0.39, 0.29) is 68.6 Å². The number of rotatable bonds is 2. The van der Waals surface area contributed by atoms with Crippen LogP contribution in [0.4, 0.5) is 0 Å². The van der Waals surface area contributed by atoms with Gasteiger partial charge in [0.15, 0.2) is 0 Å². The zero-order valence-corrected chi connectivity index (χ0v) is 11.7. The molecule has 1 aromatic rings. The van der Waals surface area contributed by atoms with E-state index in [0.717, 1.165) is 0 Å². The second-order valence-corrected chi connectivity index (χ2v) is 2.51. The van der Waals surface area contributed by atoms with Crippen molar-refractivity contribution in [1.29, 1.82) is 0 Å². The van der Waals surface area contributed by atoms with Gasteiger partial charge in [-0.25, -0.2) is 0 Å². The van der Waals surface area contributed by atoms with Gasteiger partial charge in [0.05, 0.1) is 18.9 Å². The van der Waals surface area contributed by atoms with Crippen LogP contribution in [0.1, 0.15) is 16.8 Å². The summed E-state index contributed by atoms with van der Waals surface area (Å²) in [5.74, 6) is -0.0379. The fraction of sp³-hybridized carbons (Fsp3) is 0.375. The number of hydrogen-bond donors (Lipinski definition) is 3. The molecule has 0 fully saturated rings. The van der Waals surface area contributed by atoms with E-state index in [2.05, 4.69) is 4.98 Å². The van der Waals surface area contributed by atoms with Crippen LogP contribution < -0.4 is 0 Å². The molecule has 0 amide bonds. The SMILES string of the molecule is Cc1ncc(CO)c(CO)c1O.Cl.Cl.Cl.Cl. The molecular weight excluding hydrogens is 300 g/mol. The zero-order valence-electron chi connectivity index (χ0n) is 8.41. The number of halogens is 4. The second kappa shape index (κ2) is 11.5. The summed E-state index contributed by atoms with van der Waals surface area (Å²) in [5, 5.41) is 27.0. The summed E-state index contributed by atoms with van der Waals surface area (Å²) >= 11 is 0. The molecule has 0 aliphatic heterocycles. The van der Waals surface area contributed by atoms with Crippen LogP contribution in [0.5, 0.6) is 5.75 Å². The zero-order chi connectivity index (χ0) is 9.14. The van der Waals surface area contributed by atoms with E-state index < -0.39 is 0 Å². The Hall–Kier alpha value is 0.0300. The summed E-state index contributed by atoms with van der Waals surface area (Å²) in [6.07, 6.45) is 1.45. The molecule has 0 radical (unpaired) electrons. The highest BCUT2D eigenvalue weighted by molar-refractivity contribution is 5.86. The largest absolute Gasteiger partial charge is 0.506 e. The standard InChI is InChI=1S/C8H11NO3.4ClH/c1-5-8(12)7(4-11)6(3-10)2-9-5;;;;/h2,10-12H,3-4H2,1H3;4*1H. The van der Waals surface area contributed by atoms with Crippen LogP contribution in [-0.2, 0) is 13.2 Å². The van der Waals surface area contributed by atoms with Crippen LogP contribution in [0.15, 0.2) is 6.20 Å². The van der Waals surface area contributed by atoms with Gasteiger partial charge in [-0.2, -0.15) is 0 Å². The van der Waals surface area contributed by atoms with Gasteiger partial charge < -0.3 is 15.3 Å². The molecule has 0 saturated heterocycles. The Morgan fingerprint density at radius 1 is 1.06 bits per heavy atom. The van der Waals surface area contributed by atoms with Gasteiger partial charge in [0.2, 0.25) is 0 Å². The summed E-state index contributed by atoms with van der Waals surface area (Å²) in [6, 6.07) is 0. The van der Waals surface area contributed by atoms with Crippen molar-refractivity contribution in [3.63, 3.8) is 0 Å². The first kappa shape index (κ1) is 25.0. The van der Waals surface area contributed by atoms with Crippen molar-refractivity contribution in [2.45, 2.75) is 20.1 Å². The third-order valence-electron chi connectivity index (χ3n) is 1.76. The molecule has 8 heteroatoms. The molecule has 0 atom stereocenters. The molecule has 0 bridgehead atoms. The number of aliphatic hydroxyl groups is 2. The molecule has 0 unspecified atom stereocenters. The Labute approximate surface area is 119 Å². The molecule has 1 rings (SSSR count). The number of aliphatic hydroxyl groups excluding tert-OH is 2. The van der Waals surface area contributed by atoms with Gasteiger partial charge in [0, 0.05) is 17.3 Å². The van der Waals surface area contributed by atoms with E-state index in [0.29, 0.717) is 16.8 Å². The maximum Gasteiger partial charge on any atom is 0.142 e. The van der Waals surface area contributed by atoms with Crippen molar-refractivity contribution in [1.82, 2.24) is 4.98 Å². The van der Waals surface area contributed by atoms with Gasteiger partial charge in [0.1, 0.15) is 5.75 Å². The lowest BCUT2D eigenvalue weighted by Gasteiger charge is -2.07. The van der Waals surface area contributed by atoms with Gasteiger partial charge in [-0.15, -0.1) is 49.6 Å². The van der Waals surface area contributed by atoms with Gasteiger partial charge in [0.25, 0.3) is 0 Å². The number of nitrogens with zero attached hydrogens (tertiary/aromatic N) is 1. The lowest BCUT2D eigenvalue weighted by atomic mass is 10.1. The van der Waals surface area contributed by atoms with Crippen LogP contribution in [0.3, 0.4) is 0 Å². The molecule has 3 N–H and O–H groups in total. The number of pyridine rings is 1. The second-order valence-electron chi connectivity index (χ2n) is 2.51. The predicted octanol–water partition coefficient (Wildman–Crippen LogP) is 1.77. The van der Waals surface area contributed by atoms with Gasteiger partial charge in [-0.3, -0.25) is 4.98 Å². The minimum absolute atomic E-state index is 0. The highest BCUT2D eigenvalue weighted by atomic mass is 35.5. The molecule has 98 valence electrons. The Kier molecular flexibility index (Phi) is 18.0. The Bertz CT molecular complexity index is 299. The topological polar surface area (TPSA) is 73.6 Å². The molecule has 1 aromatic heterocycles. The fourth-order valence-electron chi connectivity index (χ4n) is 0.997. The summed E-state index contributed by atoms with van der Waals surface area (Å²) in [4.78, 5) is 3.84. The smallest absolute Gasteiger partial charge is 0.142 e. The summed E-state index contributed by atoms with van der Waals surface area (Å²) in [7, 11) is 0. The normalized spacial score (nSPS) is 7.69. The molecule has 16 heavy (non-hydrogen) atoms. The van der Waals surface area contributed by atoms with E-state index in [1.807, 2.05) is 0 Å². The molecule has 4 nitrogen and oxygen atoms in total. The van der Waals surface area contributed by atoms with E-state index in [9.17, 15) is 5.11 Å². The van der Waals surface area contributed by atoms with Crippen LogP contribution in [-0.4, -0.2) is 20.3 Å². The molecule has 0 aliphatic carbocycles. The van der Waals surface area contributed by atoms with Crippen molar-refractivity contribution in [3.8, 4) is 5.75 Å². The van der Waals surface area contributed by atoms with Crippen molar-refractivity contribution in [3.05, 3.63) is 23.0 Å². The predicted molar refractivity (Wildman–Crippen MR) is 71.5 cm³/mol. The summed E-state index contributed by atoms with van der Waals surface area (Å²) in [6.45, 7) is 1.12. The number of hydrogen-bond acceptors (Lipinski definition) is 4. The van der Waals surface area contributed by atoms with Gasteiger partial charge >= 0.3 is 0 Å². The first-order chi connectivity index (χ1) is 5.70. The number of aryl methyl sites for hydroxylation is 1. The van der Waals surface area contributed by atoms with Crippen LogP contribution in [0.25, 0.3) is 0 Å². The highest BCUT2D eigenvalue weighted by Gasteiger charge is 2.09. The summed E-state index contributed by atoms with van der Waals surface area (Å²) < 4.78 is 0. The quantitative estimate of drug-likeness (QED) is 0.778. The van der Waals surface area contributed by atoms with Crippen LogP contribution in [0.2, 0.25) is 0 Å². The van der Waals surface area contributed by atoms with E-state index >= 15 is 0 Å². The van der Waals surface area contributed by atoms with Crippen LogP contribution >= 0.6 is 49.6 Å². The molecule has 1 heterocycles. The van der Waals surface area contributed by atoms with Crippen molar-refractivity contribution in [2.75, 3.05) is 0 Å². The fourth-order valence-corrected chi connectivity index (χ4v) is 0.997. The van der Waals surface area contributed by atoms with E-state index in [1.54, 1.807) is 6.92 Å². The summed E-state index contributed by atoms with van der Waals surface area (Å²) in [5.41, 5.74) is 1.27. The molecule has 0 saturated carbocycles. The lowest BCUT2D eigenvalue weighted by Crippen LogP contribution is -1.98. The maximum absolute atomic E-state index is 9.38. The Morgan fingerprint density at radius 2 is 1.56 bits per heavy atom. The van der Waals surface area contributed by atoms with E-state index in [4.69, 9.17) is 10.2 Å². The Morgan fingerprint density at radius 3 is 1.94 bits per heavy atom. The number of aromatic nitrogens is 1. The third kappa shape index (κ3) is 5.39. The number of aromatic hydroxyl groups is 1. The van der Waals surface area contributed by atoms with Gasteiger partial charge in [-0.1, -0.05) is 0 Å². The van der Waals surface area contributed by atoms with E-state index in [1.165, 1.54) is 6.20 Å². The average Bonchev–Trinajstić information content (AvgIpc) is 2.09. The molecular formula is C8H15Cl4NO3. The third-order valence-corrected chi connectivity index (χ3v) is 1.76. The maximum atomic E-state index is 9.38. The molecule has 0 aromatic carbocycles. The first-order valence-electron chi connectivity index (χ1n) is 3.58. The van der Waals surface area contributed by atoms with Crippen molar-refractivity contribution < 1.29 is 15.3 Å². The van der Waals surface area contributed by atoms with Gasteiger partial charge in [-0.05, 0) is 6.92 Å². The average molecular weight is 315 g/mol. The Balaban J connectivity index is -0.000000180. The highest BCUT2D eigenvalue weighted by Crippen LogP contribution is 2.23.